The van der Waals surface area contributed by atoms with Gasteiger partial charge in [0.2, 0.25) is 0 Å². The number of carbonyl (C=O) groups excluding carboxylic acids is 1. The molecule has 0 saturated carbocycles. The van der Waals surface area contributed by atoms with E-state index in [1.54, 1.807) is 0 Å². The van der Waals surface area contributed by atoms with Crippen LogP contribution < -0.4 is 5.32 Å². The number of nitrogens with zero attached hydrogens (tertiary/aromatic N) is 2. The van der Waals surface area contributed by atoms with Gasteiger partial charge in [0, 0.05) is 6.54 Å². The number of carbonyl (C=O) groups is 2. The molecule has 0 atom stereocenters. The van der Waals surface area contributed by atoms with Gasteiger partial charge in [0.1, 0.15) is 11.4 Å². The first-order chi connectivity index (χ1) is 9.56. The van der Waals surface area contributed by atoms with Crippen molar-refractivity contribution in [2.45, 2.75) is 12.8 Å². The Morgan fingerprint density at radius 2 is 2.00 bits per heavy atom. The fourth-order valence-corrected chi connectivity index (χ4v) is 2.27. The Labute approximate surface area is 117 Å². The van der Waals surface area contributed by atoms with Crippen LogP contribution in [-0.2, 0) is 0 Å². The second-order valence-electron chi connectivity index (χ2n) is 5.17. The number of nitrogens with one attached hydrogen (secondary N) is 1. The molecule has 0 aromatic carbocycles. The van der Waals surface area contributed by atoms with E-state index in [4.69, 9.17) is 5.11 Å². The van der Waals surface area contributed by atoms with Crippen molar-refractivity contribution in [3.05, 3.63) is 29.6 Å². The lowest BCUT2D eigenvalue weighted by atomic mass is 9.97. The van der Waals surface area contributed by atoms with Crippen molar-refractivity contribution in [3.8, 4) is 0 Å². The Morgan fingerprint density at radius 3 is 2.65 bits per heavy atom. The molecule has 6 heteroatoms. The monoisotopic (exact) mass is 277 g/mol. The predicted molar refractivity (Wildman–Crippen MR) is 73.8 cm³/mol. The zero-order valence-electron chi connectivity index (χ0n) is 11.5. The second kappa shape index (κ2) is 6.47. The van der Waals surface area contributed by atoms with Crippen molar-refractivity contribution >= 4 is 11.9 Å². The summed E-state index contributed by atoms with van der Waals surface area (Å²) in [6, 6.07) is 4.42. The van der Waals surface area contributed by atoms with Gasteiger partial charge in [0.15, 0.2) is 0 Å². The van der Waals surface area contributed by atoms with Crippen LogP contribution in [0, 0.1) is 5.92 Å². The standard InChI is InChI=1S/C14H19N3O3/c1-17-7-5-10(6-8-17)9-15-13(18)11-3-2-4-12(16-11)14(19)20/h2-4,10H,5-9H2,1H3,(H,15,18)(H,19,20). The smallest absolute Gasteiger partial charge is 0.354 e. The highest BCUT2D eigenvalue weighted by atomic mass is 16.4. The molecule has 1 saturated heterocycles. The number of aromatic carboxylic acids is 1. The van der Waals surface area contributed by atoms with Crippen LogP contribution in [0.15, 0.2) is 18.2 Å². The molecule has 0 bridgehead atoms. The van der Waals surface area contributed by atoms with E-state index in [2.05, 4.69) is 22.2 Å². The van der Waals surface area contributed by atoms with Crippen LogP contribution in [0.25, 0.3) is 0 Å². The van der Waals surface area contributed by atoms with E-state index in [1.165, 1.54) is 18.2 Å². The Morgan fingerprint density at radius 1 is 1.35 bits per heavy atom. The topological polar surface area (TPSA) is 82.5 Å². The quantitative estimate of drug-likeness (QED) is 0.852. The third-order valence-electron chi connectivity index (χ3n) is 3.59. The van der Waals surface area contributed by atoms with Crippen LogP contribution in [-0.4, -0.2) is 53.5 Å². The van der Waals surface area contributed by atoms with Gasteiger partial charge in [-0.15, -0.1) is 0 Å². The highest BCUT2D eigenvalue weighted by Gasteiger charge is 2.18. The maximum absolute atomic E-state index is 11.9. The summed E-state index contributed by atoms with van der Waals surface area (Å²) in [4.78, 5) is 28.9. The fourth-order valence-electron chi connectivity index (χ4n) is 2.27. The van der Waals surface area contributed by atoms with Crippen molar-refractivity contribution in [3.63, 3.8) is 0 Å². The lowest BCUT2D eigenvalue weighted by Crippen LogP contribution is -2.37. The van der Waals surface area contributed by atoms with E-state index >= 15 is 0 Å². The summed E-state index contributed by atoms with van der Waals surface area (Å²) in [5.74, 6) is -0.959. The van der Waals surface area contributed by atoms with Crippen molar-refractivity contribution in [2.24, 2.45) is 5.92 Å². The average Bonchev–Trinajstić information content (AvgIpc) is 2.46. The molecule has 1 aliphatic heterocycles. The van der Waals surface area contributed by atoms with Gasteiger partial charge in [-0.2, -0.15) is 0 Å². The number of pyridine rings is 1. The summed E-state index contributed by atoms with van der Waals surface area (Å²) in [6.45, 7) is 2.71. The number of amides is 1. The SMILES string of the molecule is CN1CCC(CNC(=O)c2cccc(C(=O)O)n2)CC1. The van der Waals surface area contributed by atoms with Crippen molar-refractivity contribution in [2.75, 3.05) is 26.7 Å². The van der Waals surface area contributed by atoms with Gasteiger partial charge in [0.25, 0.3) is 5.91 Å². The normalized spacial score (nSPS) is 16.9. The van der Waals surface area contributed by atoms with Crippen LogP contribution >= 0.6 is 0 Å². The number of likely N-dealkylation sites (tertiary alicyclic amines) is 1. The van der Waals surface area contributed by atoms with Gasteiger partial charge in [0.05, 0.1) is 0 Å². The minimum atomic E-state index is -1.13. The molecule has 0 spiro atoms. The van der Waals surface area contributed by atoms with E-state index < -0.39 is 5.97 Å². The first kappa shape index (κ1) is 14.5. The Hall–Kier alpha value is -1.95. The summed E-state index contributed by atoms with van der Waals surface area (Å²) in [7, 11) is 2.09. The Balaban J connectivity index is 1.88. The van der Waals surface area contributed by atoms with Gasteiger partial charge in [-0.3, -0.25) is 4.79 Å². The highest BCUT2D eigenvalue weighted by Crippen LogP contribution is 2.14. The molecule has 108 valence electrons. The van der Waals surface area contributed by atoms with Crippen LogP contribution in [0.4, 0.5) is 0 Å². The first-order valence-corrected chi connectivity index (χ1v) is 6.73. The van der Waals surface area contributed by atoms with Gasteiger partial charge in [-0.1, -0.05) is 6.07 Å². The molecule has 2 rings (SSSR count). The van der Waals surface area contributed by atoms with Crippen molar-refractivity contribution in [1.82, 2.24) is 15.2 Å². The summed E-state index contributed by atoms with van der Waals surface area (Å²) in [6.07, 6.45) is 2.14. The van der Waals surface area contributed by atoms with E-state index in [0.29, 0.717) is 12.5 Å². The number of carboxylic acids is 1. The van der Waals surface area contributed by atoms with Crippen LogP contribution in [0.1, 0.15) is 33.8 Å². The lowest BCUT2D eigenvalue weighted by Gasteiger charge is -2.28. The van der Waals surface area contributed by atoms with Crippen LogP contribution in [0.2, 0.25) is 0 Å². The number of hydrogen-bond acceptors (Lipinski definition) is 4. The largest absolute Gasteiger partial charge is 0.477 e. The molecule has 0 radical (unpaired) electrons. The summed E-state index contributed by atoms with van der Waals surface area (Å²) >= 11 is 0. The zero-order valence-corrected chi connectivity index (χ0v) is 11.5. The average molecular weight is 277 g/mol. The van der Waals surface area contributed by atoms with Crippen molar-refractivity contribution in [1.29, 1.82) is 0 Å². The Kier molecular flexibility index (Phi) is 4.68. The van der Waals surface area contributed by atoms with Crippen LogP contribution in [0.3, 0.4) is 0 Å². The third-order valence-corrected chi connectivity index (χ3v) is 3.59. The highest BCUT2D eigenvalue weighted by molar-refractivity contribution is 5.94. The number of hydrogen-bond donors (Lipinski definition) is 2. The van der Waals surface area contributed by atoms with E-state index in [-0.39, 0.29) is 17.3 Å². The molecule has 0 aliphatic carbocycles. The number of piperidine rings is 1. The summed E-state index contributed by atoms with van der Waals surface area (Å²) in [5.41, 5.74) is 0.0368. The molecule has 0 unspecified atom stereocenters. The maximum Gasteiger partial charge on any atom is 0.354 e. The summed E-state index contributed by atoms with van der Waals surface area (Å²) in [5, 5.41) is 11.7. The molecule has 1 aromatic heterocycles. The van der Waals surface area contributed by atoms with Gasteiger partial charge >= 0.3 is 5.97 Å². The van der Waals surface area contributed by atoms with E-state index in [1.807, 2.05) is 0 Å². The molecule has 1 amide bonds. The molecule has 20 heavy (non-hydrogen) atoms. The molecular weight excluding hydrogens is 258 g/mol. The molecule has 1 fully saturated rings. The molecule has 1 aromatic rings. The number of aromatic nitrogens is 1. The van der Waals surface area contributed by atoms with Gasteiger partial charge in [-0.25, -0.2) is 9.78 Å². The first-order valence-electron chi connectivity index (χ1n) is 6.73. The minimum Gasteiger partial charge on any atom is -0.477 e. The van der Waals surface area contributed by atoms with Gasteiger partial charge in [-0.05, 0) is 51.0 Å². The van der Waals surface area contributed by atoms with E-state index in [9.17, 15) is 9.59 Å². The van der Waals surface area contributed by atoms with Gasteiger partial charge < -0.3 is 15.3 Å². The fraction of sp³-hybridized carbons (Fsp3) is 0.500. The molecule has 1 aliphatic rings. The predicted octanol–water partition coefficient (Wildman–Crippen LogP) is 0.851. The molecular formula is C14H19N3O3. The van der Waals surface area contributed by atoms with Crippen LogP contribution in [0.5, 0.6) is 0 Å². The number of carboxylic acid groups (broad SMARTS) is 1. The maximum atomic E-state index is 11.9. The number of rotatable bonds is 4. The van der Waals surface area contributed by atoms with Crippen molar-refractivity contribution < 1.29 is 14.7 Å². The zero-order chi connectivity index (χ0) is 14.5. The molecule has 2 heterocycles. The lowest BCUT2D eigenvalue weighted by molar-refractivity contribution is 0.0690. The summed E-state index contributed by atoms with van der Waals surface area (Å²) < 4.78 is 0. The second-order valence-corrected chi connectivity index (χ2v) is 5.17. The van der Waals surface area contributed by atoms with E-state index in [0.717, 1.165) is 25.9 Å². The molecule has 6 nitrogen and oxygen atoms in total. The minimum absolute atomic E-state index is 0.114. The molecule has 2 N–H and O–H groups in total. The third kappa shape index (κ3) is 3.77. The Bertz CT molecular complexity index is 496.